The molecule has 0 saturated carbocycles. The number of carbonyl (C=O) groups is 2. The van der Waals surface area contributed by atoms with Gasteiger partial charge >= 0.3 is 5.97 Å². The third-order valence-electron chi connectivity index (χ3n) is 4.98. The first-order chi connectivity index (χ1) is 15.6. The van der Waals surface area contributed by atoms with Crippen LogP contribution in [0.25, 0.3) is 10.8 Å². The first kappa shape index (κ1) is 21.0. The number of rotatable bonds is 7. The standard InChI is InChI=1S/C25H21NO6/c1-29-22-13-19(20(14-23(22)30-2)26-24(27)21-11-6-12-31-21)25(28)32-15-17-9-5-8-16-7-3-4-10-18(16)17/h3-14H,15H2,1-2H3,(H,26,27). The summed E-state index contributed by atoms with van der Waals surface area (Å²) in [6.45, 7) is 0.0695. The summed E-state index contributed by atoms with van der Waals surface area (Å²) in [7, 11) is 2.93. The number of hydrogen-bond donors (Lipinski definition) is 1. The molecular formula is C25H21NO6. The molecule has 0 atom stereocenters. The molecule has 0 saturated heterocycles. The molecule has 1 heterocycles. The zero-order chi connectivity index (χ0) is 22.5. The Hall–Kier alpha value is -4.26. The summed E-state index contributed by atoms with van der Waals surface area (Å²) < 4.78 is 21.4. The molecule has 162 valence electrons. The second-order valence-electron chi connectivity index (χ2n) is 6.90. The van der Waals surface area contributed by atoms with E-state index in [1.807, 2.05) is 42.5 Å². The maximum Gasteiger partial charge on any atom is 0.340 e. The number of ether oxygens (including phenoxy) is 3. The molecule has 1 aromatic heterocycles. The third kappa shape index (κ3) is 4.27. The van der Waals surface area contributed by atoms with Crippen molar-refractivity contribution in [2.45, 2.75) is 6.61 Å². The van der Waals surface area contributed by atoms with Crippen LogP contribution in [0.3, 0.4) is 0 Å². The summed E-state index contributed by atoms with van der Waals surface area (Å²) in [5.74, 6) is -0.331. The van der Waals surface area contributed by atoms with Gasteiger partial charge in [-0.3, -0.25) is 4.79 Å². The van der Waals surface area contributed by atoms with Crippen LogP contribution in [0.4, 0.5) is 5.69 Å². The molecule has 0 fully saturated rings. The minimum atomic E-state index is -0.617. The summed E-state index contributed by atoms with van der Waals surface area (Å²) in [6, 6.07) is 19.8. The van der Waals surface area contributed by atoms with E-state index >= 15 is 0 Å². The molecule has 4 rings (SSSR count). The van der Waals surface area contributed by atoms with Crippen LogP contribution >= 0.6 is 0 Å². The topological polar surface area (TPSA) is 87.0 Å². The van der Waals surface area contributed by atoms with Crippen LogP contribution in [0.2, 0.25) is 0 Å². The fourth-order valence-electron chi connectivity index (χ4n) is 3.38. The van der Waals surface area contributed by atoms with E-state index in [4.69, 9.17) is 18.6 Å². The molecule has 4 aromatic rings. The molecule has 0 radical (unpaired) electrons. The monoisotopic (exact) mass is 431 g/mol. The SMILES string of the molecule is COc1cc(NC(=O)c2ccco2)c(C(=O)OCc2cccc3ccccc23)cc1OC. The third-order valence-corrected chi connectivity index (χ3v) is 4.98. The largest absolute Gasteiger partial charge is 0.493 e. The first-order valence-electron chi connectivity index (χ1n) is 9.85. The molecule has 7 nitrogen and oxygen atoms in total. The minimum Gasteiger partial charge on any atom is -0.493 e. The van der Waals surface area contributed by atoms with E-state index in [-0.39, 0.29) is 23.6 Å². The average molecular weight is 431 g/mol. The van der Waals surface area contributed by atoms with Crippen LogP contribution in [0.1, 0.15) is 26.5 Å². The van der Waals surface area contributed by atoms with Crippen molar-refractivity contribution in [3.8, 4) is 11.5 Å². The van der Waals surface area contributed by atoms with Crippen LogP contribution in [-0.4, -0.2) is 26.1 Å². The number of fused-ring (bicyclic) bond motifs is 1. The van der Waals surface area contributed by atoms with Crippen LogP contribution < -0.4 is 14.8 Å². The molecule has 7 heteroatoms. The molecule has 0 bridgehead atoms. The number of benzene rings is 3. The second-order valence-corrected chi connectivity index (χ2v) is 6.90. The summed E-state index contributed by atoms with van der Waals surface area (Å²) >= 11 is 0. The highest BCUT2D eigenvalue weighted by Gasteiger charge is 2.21. The number of furan rings is 1. The fraction of sp³-hybridized carbons (Fsp3) is 0.120. The van der Waals surface area contributed by atoms with Crippen molar-refractivity contribution in [1.29, 1.82) is 0 Å². The lowest BCUT2D eigenvalue weighted by Crippen LogP contribution is -2.16. The van der Waals surface area contributed by atoms with E-state index in [1.165, 1.54) is 38.7 Å². The first-order valence-corrected chi connectivity index (χ1v) is 9.85. The van der Waals surface area contributed by atoms with Gasteiger partial charge in [0.05, 0.1) is 31.7 Å². The van der Waals surface area contributed by atoms with Gasteiger partial charge in [0, 0.05) is 12.1 Å². The normalized spacial score (nSPS) is 10.6. The lowest BCUT2D eigenvalue weighted by Gasteiger charge is -2.15. The highest BCUT2D eigenvalue weighted by molar-refractivity contribution is 6.07. The van der Waals surface area contributed by atoms with E-state index in [2.05, 4.69) is 5.32 Å². The van der Waals surface area contributed by atoms with E-state index in [9.17, 15) is 9.59 Å². The maximum atomic E-state index is 13.0. The molecule has 0 aliphatic rings. The number of amides is 1. The van der Waals surface area contributed by atoms with Gasteiger partial charge < -0.3 is 23.9 Å². The summed E-state index contributed by atoms with van der Waals surface area (Å²) in [4.78, 5) is 25.5. The number of carbonyl (C=O) groups excluding carboxylic acids is 2. The molecule has 0 aliphatic heterocycles. The zero-order valence-electron chi connectivity index (χ0n) is 17.6. The highest BCUT2D eigenvalue weighted by atomic mass is 16.5. The Morgan fingerprint density at radius 2 is 1.66 bits per heavy atom. The number of methoxy groups -OCH3 is 2. The second kappa shape index (κ2) is 9.26. The molecule has 1 N–H and O–H groups in total. The fourth-order valence-corrected chi connectivity index (χ4v) is 3.38. The van der Waals surface area contributed by atoms with Gasteiger partial charge in [0.25, 0.3) is 5.91 Å². The van der Waals surface area contributed by atoms with Crippen molar-refractivity contribution < 1.29 is 28.2 Å². The molecule has 3 aromatic carbocycles. The highest BCUT2D eigenvalue weighted by Crippen LogP contribution is 2.34. The van der Waals surface area contributed by atoms with Crippen molar-refractivity contribution in [3.63, 3.8) is 0 Å². The Kier molecular flexibility index (Phi) is 6.07. The quantitative estimate of drug-likeness (QED) is 0.412. The zero-order valence-corrected chi connectivity index (χ0v) is 17.6. The number of nitrogens with one attached hydrogen (secondary N) is 1. The molecule has 0 unspecified atom stereocenters. The predicted octanol–water partition coefficient (Wildman–Crippen LogP) is 5.06. The van der Waals surface area contributed by atoms with Gasteiger partial charge in [-0.1, -0.05) is 42.5 Å². The van der Waals surface area contributed by atoms with Crippen LogP contribution in [-0.2, 0) is 11.3 Å². The molecule has 0 spiro atoms. The van der Waals surface area contributed by atoms with Crippen LogP contribution in [0, 0.1) is 0 Å². The lowest BCUT2D eigenvalue weighted by molar-refractivity contribution is 0.0475. The smallest absolute Gasteiger partial charge is 0.340 e. The van der Waals surface area contributed by atoms with Crippen molar-refractivity contribution in [1.82, 2.24) is 0 Å². The van der Waals surface area contributed by atoms with Crippen molar-refractivity contribution in [2.75, 3.05) is 19.5 Å². The van der Waals surface area contributed by atoms with Gasteiger partial charge in [0.2, 0.25) is 0 Å². The van der Waals surface area contributed by atoms with Crippen molar-refractivity contribution >= 4 is 28.3 Å². The Morgan fingerprint density at radius 3 is 2.41 bits per heavy atom. The Balaban J connectivity index is 1.62. The molecule has 1 amide bonds. The summed E-state index contributed by atoms with van der Waals surface area (Å²) in [5.41, 5.74) is 1.22. The van der Waals surface area contributed by atoms with Crippen LogP contribution in [0.5, 0.6) is 11.5 Å². The van der Waals surface area contributed by atoms with Gasteiger partial charge in [-0.05, 0) is 28.5 Å². The predicted molar refractivity (Wildman–Crippen MR) is 119 cm³/mol. The van der Waals surface area contributed by atoms with E-state index < -0.39 is 11.9 Å². The van der Waals surface area contributed by atoms with Crippen molar-refractivity contribution in [2.24, 2.45) is 0 Å². The van der Waals surface area contributed by atoms with Gasteiger partial charge in [-0.25, -0.2) is 4.79 Å². The number of anilines is 1. The molecule has 32 heavy (non-hydrogen) atoms. The Labute approximate surface area is 184 Å². The Morgan fingerprint density at radius 1 is 0.906 bits per heavy atom. The van der Waals surface area contributed by atoms with E-state index in [0.29, 0.717) is 11.5 Å². The number of hydrogen-bond acceptors (Lipinski definition) is 6. The molecule has 0 aliphatic carbocycles. The lowest BCUT2D eigenvalue weighted by atomic mass is 10.1. The molecular weight excluding hydrogens is 410 g/mol. The Bertz CT molecular complexity index is 1260. The van der Waals surface area contributed by atoms with E-state index in [1.54, 1.807) is 6.07 Å². The summed E-state index contributed by atoms with van der Waals surface area (Å²) in [5, 5.41) is 4.73. The maximum absolute atomic E-state index is 13.0. The van der Waals surface area contributed by atoms with Gasteiger partial charge in [-0.15, -0.1) is 0 Å². The van der Waals surface area contributed by atoms with Crippen LogP contribution in [0.15, 0.2) is 77.4 Å². The minimum absolute atomic E-state index is 0.0695. The summed E-state index contributed by atoms with van der Waals surface area (Å²) in [6.07, 6.45) is 1.39. The number of esters is 1. The van der Waals surface area contributed by atoms with Gasteiger partial charge in [-0.2, -0.15) is 0 Å². The van der Waals surface area contributed by atoms with E-state index in [0.717, 1.165) is 16.3 Å². The van der Waals surface area contributed by atoms with Gasteiger partial charge in [0.15, 0.2) is 17.3 Å². The van der Waals surface area contributed by atoms with Crippen molar-refractivity contribution in [3.05, 3.63) is 89.9 Å². The van der Waals surface area contributed by atoms with Gasteiger partial charge in [0.1, 0.15) is 6.61 Å². The average Bonchev–Trinajstić information content (AvgIpc) is 3.37.